The molecule has 0 spiro atoms. The van der Waals surface area contributed by atoms with Gasteiger partial charge in [-0.2, -0.15) is 4.31 Å². The first-order valence-corrected chi connectivity index (χ1v) is 10.8. The van der Waals surface area contributed by atoms with E-state index in [-0.39, 0.29) is 22.0 Å². The van der Waals surface area contributed by atoms with E-state index in [4.69, 9.17) is 11.6 Å². The third-order valence-corrected chi connectivity index (χ3v) is 6.77. The number of sulfonamides is 1. The summed E-state index contributed by atoms with van der Waals surface area (Å²) in [7, 11) is -2.32. The number of hydrogen-bond donors (Lipinski definition) is 1. The summed E-state index contributed by atoms with van der Waals surface area (Å²) < 4.78 is 27.1. The van der Waals surface area contributed by atoms with E-state index in [2.05, 4.69) is 15.5 Å². The summed E-state index contributed by atoms with van der Waals surface area (Å²) in [5, 5.41) is 11.4. The van der Waals surface area contributed by atoms with Gasteiger partial charge in [0, 0.05) is 13.6 Å². The van der Waals surface area contributed by atoms with Gasteiger partial charge in [-0.1, -0.05) is 53.3 Å². The first-order chi connectivity index (χ1) is 13.3. The highest BCUT2D eigenvalue weighted by atomic mass is 35.5. The molecule has 0 radical (unpaired) electrons. The summed E-state index contributed by atoms with van der Waals surface area (Å²) in [6.07, 6.45) is 0. The van der Waals surface area contributed by atoms with Crippen LogP contribution in [0.1, 0.15) is 20.9 Å². The van der Waals surface area contributed by atoms with Gasteiger partial charge in [0.2, 0.25) is 15.2 Å². The Morgan fingerprint density at radius 3 is 2.54 bits per heavy atom. The van der Waals surface area contributed by atoms with Gasteiger partial charge >= 0.3 is 0 Å². The number of benzene rings is 2. The number of halogens is 1. The smallest absolute Gasteiger partial charge is 0.259 e. The maximum absolute atomic E-state index is 12.9. The van der Waals surface area contributed by atoms with Gasteiger partial charge in [0.25, 0.3) is 5.91 Å². The maximum Gasteiger partial charge on any atom is 0.259 e. The first-order valence-electron chi connectivity index (χ1n) is 8.18. The molecule has 0 aliphatic carbocycles. The largest absolute Gasteiger partial charge is 0.296 e. The molecule has 0 saturated heterocycles. The van der Waals surface area contributed by atoms with Gasteiger partial charge in [0.15, 0.2) is 0 Å². The Balaban J connectivity index is 1.85. The van der Waals surface area contributed by atoms with E-state index >= 15 is 0 Å². The second-order valence-electron chi connectivity index (χ2n) is 5.97. The highest BCUT2D eigenvalue weighted by molar-refractivity contribution is 7.89. The Morgan fingerprint density at radius 1 is 1.18 bits per heavy atom. The fraction of sp³-hybridized carbons (Fsp3) is 0.167. The molecule has 1 aromatic heterocycles. The summed E-state index contributed by atoms with van der Waals surface area (Å²) in [5.41, 5.74) is 0.899. The molecule has 3 aromatic rings. The summed E-state index contributed by atoms with van der Waals surface area (Å²) in [6, 6.07) is 13.3. The minimum Gasteiger partial charge on any atom is -0.296 e. The van der Waals surface area contributed by atoms with E-state index in [1.807, 2.05) is 30.3 Å². The maximum atomic E-state index is 12.9. The molecular weight excluding hydrogens is 420 g/mol. The van der Waals surface area contributed by atoms with Crippen LogP contribution in [-0.4, -0.2) is 35.9 Å². The average Bonchev–Trinajstić information content (AvgIpc) is 3.07. The predicted octanol–water partition coefficient (Wildman–Crippen LogP) is 3.57. The summed E-state index contributed by atoms with van der Waals surface area (Å²) in [4.78, 5) is 12.5. The number of aromatic nitrogens is 2. The lowest BCUT2D eigenvalue weighted by atomic mass is 10.2. The molecule has 10 heteroatoms. The van der Waals surface area contributed by atoms with Crippen LogP contribution in [0.5, 0.6) is 0 Å². The second kappa shape index (κ2) is 8.36. The zero-order valence-electron chi connectivity index (χ0n) is 15.1. The molecule has 0 saturated carbocycles. The summed E-state index contributed by atoms with van der Waals surface area (Å²) >= 11 is 7.33. The fourth-order valence-corrected chi connectivity index (χ4v) is 4.43. The number of amides is 1. The van der Waals surface area contributed by atoms with Gasteiger partial charge in [-0.3, -0.25) is 10.1 Å². The highest BCUT2D eigenvalue weighted by Crippen LogP contribution is 2.25. The van der Waals surface area contributed by atoms with Crippen LogP contribution in [0, 0.1) is 6.92 Å². The molecule has 3 rings (SSSR count). The predicted molar refractivity (Wildman–Crippen MR) is 109 cm³/mol. The monoisotopic (exact) mass is 436 g/mol. The number of hydrogen-bond acceptors (Lipinski definition) is 6. The van der Waals surface area contributed by atoms with Crippen LogP contribution in [-0.2, 0) is 16.6 Å². The molecule has 1 amide bonds. The lowest BCUT2D eigenvalue weighted by Gasteiger charge is -2.18. The number of aryl methyl sites for hydroxylation is 1. The fourth-order valence-electron chi connectivity index (χ4n) is 2.46. The Morgan fingerprint density at radius 2 is 1.89 bits per heavy atom. The third kappa shape index (κ3) is 4.56. The quantitative estimate of drug-likeness (QED) is 0.637. The van der Waals surface area contributed by atoms with Crippen molar-refractivity contribution in [3.8, 4) is 0 Å². The van der Waals surface area contributed by atoms with E-state index < -0.39 is 15.9 Å². The van der Waals surface area contributed by atoms with Crippen molar-refractivity contribution < 1.29 is 13.2 Å². The van der Waals surface area contributed by atoms with Crippen molar-refractivity contribution in [1.29, 1.82) is 0 Å². The van der Waals surface area contributed by atoms with Crippen LogP contribution in [0.15, 0.2) is 53.4 Å². The van der Waals surface area contributed by atoms with Crippen molar-refractivity contribution in [3.05, 3.63) is 69.7 Å². The van der Waals surface area contributed by atoms with Crippen LogP contribution in [0.4, 0.5) is 5.13 Å². The Hall–Kier alpha value is -2.33. The average molecular weight is 437 g/mol. The topological polar surface area (TPSA) is 92.3 Å². The molecular formula is C18H17ClN4O3S2. The van der Waals surface area contributed by atoms with E-state index in [0.717, 1.165) is 5.56 Å². The van der Waals surface area contributed by atoms with Crippen LogP contribution in [0.3, 0.4) is 0 Å². The molecule has 7 nitrogen and oxygen atoms in total. The standard InChI is InChI=1S/C18H17ClN4O3S2/c1-12-21-22-18(27-12)20-17(24)15-10-14(8-9-16(15)19)28(25,26)23(2)11-13-6-4-3-5-7-13/h3-10H,11H2,1-2H3,(H,20,22,24). The zero-order chi connectivity index (χ0) is 20.3. The Bertz CT molecular complexity index is 1100. The SMILES string of the molecule is Cc1nnc(NC(=O)c2cc(S(=O)(=O)N(C)Cc3ccccc3)ccc2Cl)s1. The molecule has 0 aliphatic rings. The van der Waals surface area contributed by atoms with Gasteiger partial charge in [-0.15, -0.1) is 10.2 Å². The molecule has 28 heavy (non-hydrogen) atoms. The number of anilines is 1. The number of carbonyl (C=O) groups excluding carboxylic acids is 1. The van der Waals surface area contributed by atoms with E-state index in [1.165, 1.54) is 40.9 Å². The van der Waals surface area contributed by atoms with Crippen molar-refractivity contribution in [1.82, 2.24) is 14.5 Å². The minimum absolute atomic E-state index is 0.0195. The van der Waals surface area contributed by atoms with Crippen molar-refractivity contribution >= 4 is 44.0 Å². The number of rotatable bonds is 6. The van der Waals surface area contributed by atoms with E-state index in [9.17, 15) is 13.2 Å². The molecule has 0 atom stereocenters. The van der Waals surface area contributed by atoms with Gasteiger partial charge in [-0.05, 0) is 30.7 Å². The van der Waals surface area contributed by atoms with Crippen LogP contribution in [0.2, 0.25) is 5.02 Å². The molecule has 2 aromatic carbocycles. The van der Waals surface area contributed by atoms with Gasteiger partial charge < -0.3 is 0 Å². The van der Waals surface area contributed by atoms with Gasteiger partial charge in [-0.25, -0.2) is 8.42 Å². The Kier molecular flexibility index (Phi) is 6.09. The number of nitrogens with one attached hydrogen (secondary N) is 1. The molecule has 0 bridgehead atoms. The molecule has 146 valence electrons. The van der Waals surface area contributed by atoms with Crippen molar-refractivity contribution in [2.75, 3.05) is 12.4 Å². The summed E-state index contributed by atoms with van der Waals surface area (Å²) in [6.45, 7) is 1.97. The third-order valence-electron chi connectivity index (χ3n) is 3.89. The molecule has 0 aliphatic heterocycles. The molecule has 0 unspecified atom stereocenters. The van der Waals surface area contributed by atoms with Crippen LogP contribution < -0.4 is 5.32 Å². The Labute approximate surface area is 172 Å². The normalized spacial score (nSPS) is 11.6. The summed E-state index contributed by atoms with van der Waals surface area (Å²) in [5.74, 6) is -0.552. The molecule has 0 fully saturated rings. The van der Waals surface area contributed by atoms with Crippen LogP contribution >= 0.6 is 22.9 Å². The second-order valence-corrected chi connectivity index (χ2v) is 9.60. The van der Waals surface area contributed by atoms with Crippen molar-refractivity contribution in [2.24, 2.45) is 0 Å². The number of nitrogens with zero attached hydrogens (tertiary/aromatic N) is 3. The molecule has 1 heterocycles. The van der Waals surface area contributed by atoms with E-state index in [1.54, 1.807) is 6.92 Å². The van der Waals surface area contributed by atoms with Crippen molar-refractivity contribution in [2.45, 2.75) is 18.4 Å². The first kappa shape index (κ1) is 20.4. The lowest BCUT2D eigenvalue weighted by molar-refractivity contribution is 0.102. The van der Waals surface area contributed by atoms with Gasteiger partial charge in [0.05, 0.1) is 15.5 Å². The van der Waals surface area contributed by atoms with Crippen LogP contribution in [0.25, 0.3) is 0 Å². The van der Waals surface area contributed by atoms with Gasteiger partial charge in [0.1, 0.15) is 5.01 Å². The number of carbonyl (C=O) groups is 1. The zero-order valence-corrected chi connectivity index (χ0v) is 17.5. The van der Waals surface area contributed by atoms with E-state index in [0.29, 0.717) is 10.1 Å². The lowest BCUT2D eigenvalue weighted by Crippen LogP contribution is -2.27. The minimum atomic E-state index is -3.81. The van der Waals surface area contributed by atoms with Crippen molar-refractivity contribution in [3.63, 3.8) is 0 Å². The highest BCUT2D eigenvalue weighted by Gasteiger charge is 2.24. The molecule has 1 N–H and O–H groups in total.